The van der Waals surface area contributed by atoms with Gasteiger partial charge in [0.05, 0.1) is 0 Å². The van der Waals surface area contributed by atoms with Crippen LogP contribution in [-0.2, 0) is 0 Å². The van der Waals surface area contributed by atoms with Crippen LogP contribution in [0, 0.1) is 13.8 Å². The lowest BCUT2D eigenvalue weighted by molar-refractivity contribution is 0.414. The molecule has 2 rings (SSSR count). The van der Waals surface area contributed by atoms with E-state index in [0.29, 0.717) is 6.04 Å². The number of nitrogens with zero attached hydrogens (tertiary/aromatic N) is 3. The molecule has 2 heterocycles. The van der Waals surface area contributed by atoms with Crippen molar-refractivity contribution in [1.29, 1.82) is 0 Å². The molecule has 1 aromatic heterocycles. The topological polar surface area (TPSA) is 53.1 Å². The smallest absolute Gasteiger partial charge is 0.135 e. The average Bonchev–Trinajstić information content (AvgIpc) is 2.77. The lowest BCUT2D eigenvalue weighted by Crippen LogP contribution is -2.25. The molecule has 2 N–H and O–H groups in total. The monoisotopic (exact) mass is 263 g/mol. The summed E-state index contributed by atoms with van der Waals surface area (Å²) in [7, 11) is 2.16. The first kappa shape index (κ1) is 14.1. The fourth-order valence-electron chi connectivity index (χ4n) is 2.43. The van der Waals surface area contributed by atoms with Crippen molar-refractivity contribution in [3.63, 3.8) is 0 Å². The summed E-state index contributed by atoms with van der Waals surface area (Å²) in [6.45, 7) is 9.37. The predicted octanol–water partition coefficient (Wildman–Crippen LogP) is 2.03. The van der Waals surface area contributed by atoms with Gasteiger partial charge in [-0.15, -0.1) is 0 Å². The molecular formula is C14H25N5. The molecule has 0 bridgehead atoms. The fourth-order valence-corrected chi connectivity index (χ4v) is 2.43. The Bertz CT molecular complexity index is 432. The first-order valence-electron chi connectivity index (χ1n) is 7.14. The maximum absolute atomic E-state index is 4.55. The molecule has 1 saturated heterocycles. The second kappa shape index (κ2) is 6.19. The fraction of sp³-hybridized carbons (Fsp3) is 0.714. The molecular weight excluding hydrogens is 238 g/mol. The molecule has 0 radical (unpaired) electrons. The van der Waals surface area contributed by atoms with Crippen LogP contribution in [0.4, 0.5) is 11.6 Å². The van der Waals surface area contributed by atoms with Crippen LogP contribution >= 0.6 is 0 Å². The number of aryl methyl sites for hydroxylation is 1. The number of hydrogen-bond donors (Lipinski definition) is 2. The van der Waals surface area contributed by atoms with E-state index in [4.69, 9.17) is 0 Å². The van der Waals surface area contributed by atoms with Gasteiger partial charge in [0.15, 0.2) is 0 Å². The van der Waals surface area contributed by atoms with Gasteiger partial charge in [-0.25, -0.2) is 9.97 Å². The molecule has 1 aliphatic rings. The normalized spacial score (nSPS) is 19.7. The van der Waals surface area contributed by atoms with Crippen LogP contribution in [0.2, 0.25) is 0 Å². The minimum atomic E-state index is 0.497. The van der Waals surface area contributed by atoms with Crippen LogP contribution in [0.15, 0.2) is 0 Å². The van der Waals surface area contributed by atoms with Crippen LogP contribution in [0.5, 0.6) is 0 Å². The van der Waals surface area contributed by atoms with Crippen molar-refractivity contribution in [1.82, 2.24) is 14.9 Å². The van der Waals surface area contributed by atoms with E-state index in [1.54, 1.807) is 0 Å². The molecule has 1 atom stereocenters. The molecule has 5 nitrogen and oxygen atoms in total. The number of aromatic nitrogens is 2. The van der Waals surface area contributed by atoms with Crippen LogP contribution < -0.4 is 10.6 Å². The maximum atomic E-state index is 4.55. The SMILES string of the molecule is CCCNc1nc(C)nc(NC2CCN(C)C2)c1C. The Morgan fingerprint density at radius 3 is 2.63 bits per heavy atom. The van der Waals surface area contributed by atoms with Gasteiger partial charge in [0.2, 0.25) is 0 Å². The highest BCUT2D eigenvalue weighted by atomic mass is 15.2. The van der Waals surface area contributed by atoms with Crippen molar-refractivity contribution < 1.29 is 0 Å². The Hall–Kier alpha value is -1.36. The van der Waals surface area contributed by atoms with Gasteiger partial charge in [-0.3, -0.25) is 0 Å². The Balaban J connectivity index is 2.12. The zero-order valence-corrected chi connectivity index (χ0v) is 12.5. The van der Waals surface area contributed by atoms with Crippen molar-refractivity contribution in [2.24, 2.45) is 0 Å². The van der Waals surface area contributed by atoms with Crippen LogP contribution in [-0.4, -0.2) is 47.6 Å². The summed E-state index contributed by atoms with van der Waals surface area (Å²) in [4.78, 5) is 11.4. The van der Waals surface area contributed by atoms with Crippen LogP contribution in [0.25, 0.3) is 0 Å². The molecule has 19 heavy (non-hydrogen) atoms. The van der Waals surface area contributed by atoms with Gasteiger partial charge in [-0.1, -0.05) is 6.92 Å². The third kappa shape index (κ3) is 3.56. The summed E-state index contributed by atoms with van der Waals surface area (Å²) < 4.78 is 0. The van der Waals surface area contributed by atoms with E-state index in [2.05, 4.69) is 46.4 Å². The van der Waals surface area contributed by atoms with E-state index in [-0.39, 0.29) is 0 Å². The number of anilines is 2. The molecule has 0 amide bonds. The molecule has 1 aromatic rings. The van der Waals surface area contributed by atoms with E-state index in [9.17, 15) is 0 Å². The number of nitrogens with one attached hydrogen (secondary N) is 2. The van der Waals surface area contributed by atoms with E-state index in [1.807, 2.05) is 6.92 Å². The Kier molecular flexibility index (Phi) is 4.58. The predicted molar refractivity (Wildman–Crippen MR) is 79.8 cm³/mol. The van der Waals surface area contributed by atoms with E-state index < -0.39 is 0 Å². The minimum absolute atomic E-state index is 0.497. The summed E-state index contributed by atoms with van der Waals surface area (Å²) in [6, 6.07) is 0.497. The third-order valence-corrected chi connectivity index (χ3v) is 3.53. The average molecular weight is 263 g/mol. The summed E-state index contributed by atoms with van der Waals surface area (Å²) >= 11 is 0. The van der Waals surface area contributed by atoms with Crippen molar-refractivity contribution in [2.45, 2.75) is 39.7 Å². The Morgan fingerprint density at radius 1 is 1.26 bits per heavy atom. The van der Waals surface area contributed by atoms with Crippen molar-refractivity contribution >= 4 is 11.6 Å². The van der Waals surface area contributed by atoms with E-state index in [1.165, 1.54) is 6.42 Å². The first-order chi connectivity index (χ1) is 9.10. The van der Waals surface area contributed by atoms with Gasteiger partial charge in [0, 0.05) is 24.7 Å². The van der Waals surface area contributed by atoms with Gasteiger partial charge in [0.1, 0.15) is 17.5 Å². The molecule has 0 spiro atoms. The Labute approximate surface area is 115 Å². The highest BCUT2D eigenvalue weighted by molar-refractivity contribution is 5.57. The van der Waals surface area contributed by atoms with E-state index >= 15 is 0 Å². The lowest BCUT2D eigenvalue weighted by Gasteiger charge is -2.18. The third-order valence-electron chi connectivity index (χ3n) is 3.53. The zero-order chi connectivity index (χ0) is 13.8. The highest BCUT2D eigenvalue weighted by Crippen LogP contribution is 2.22. The van der Waals surface area contributed by atoms with Gasteiger partial charge < -0.3 is 15.5 Å². The minimum Gasteiger partial charge on any atom is -0.370 e. The van der Waals surface area contributed by atoms with Crippen molar-refractivity contribution in [2.75, 3.05) is 37.3 Å². The molecule has 0 aromatic carbocycles. The van der Waals surface area contributed by atoms with Gasteiger partial charge in [0.25, 0.3) is 0 Å². The second-order valence-electron chi connectivity index (χ2n) is 5.41. The molecule has 1 fully saturated rings. The quantitative estimate of drug-likeness (QED) is 0.851. The number of likely N-dealkylation sites (tertiary alicyclic amines) is 1. The van der Waals surface area contributed by atoms with Crippen LogP contribution in [0.1, 0.15) is 31.2 Å². The number of rotatable bonds is 5. The van der Waals surface area contributed by atoms with Crippen LogP contribution in [0.3, 0.4) is 0 Å². The van der Waals surface area contributed by atoms with E-state index in [0.717, 1.165) is 49.1 Å². The largest absolute Gasteiger partial charge is 0.370 e. The summed E-state index contributed by atoms with van der Waals surface area (Å²) in [5, 5.41) is 6.94. The van der Waals surface area contributed by atoms with Gasteiger partial charge >= 0.3 is 0 Å². The van der Waals surface area contributed by atoms with Gasteiger partial charge in [-0.2, -0.15) is 0 Å². The summed E-state index contributed by atoms with van der Waals surface area (Å²) in [5.41, 5.74) is 1.12. The zero-order valence-electron chi connectivity index (χ0n) is 12.5. The standard InChI is InChI=1S/C14H25N5/c1-5-7-15-13-10(2)14(17-11(3)16-13)18-12-6-8-19(4)9-12/h12H,5-9H2,1-4H3,(H2,15,16,17,18). The number of hydrogen-bond acceptors (Lipinski definition) is 5. The highest BCUT2D eigenvalue weighted by Gasteiger charge is 2.21. The molecule has 0 saturated carbocycles. The first-order valence-corrected chi connectivity index (χ1v) is 7.14. The summed E-state index contributed by atoms with van der Waals surface area (Å²) in [5.74, 6) is 2.76. The maximum Gasteiger partial charge on any atom is 0.135 e. The number of likely N-dealkylation sites (N-methyl/N-ethyl adjacent to an activating group) is 1. The molecule has 1 unspecified atom stereocenters. The second-order valence-corrected chi connectivity index (χ2v) is 5.41. The summed E-state index contributed by atoms with van der Waals surface area (Å²) in [6.07, 6.45) is 2.27. The lowest BCUT2D eigenvalue weighted by atomic mass is 10.2. The molecule has 1 aliphatic heterocycles. The van der Waals surface area contributed by atoms with Gasteiger partial charge in [-0.05, 0) is 40.3 Å². The molecule has 0 aliphatic carbocycles. The van der Waals surface area contributed by atoms with Crippen molar-refractivity contribution in [3.8, 4) is 0 Å². The molecule has 5 heteroatoms. The van der Waals surface area contributed by atoms with Crippen molar-refractivity contribution in [3.05, 3.63) is 11.4 Å². The molecule has 106 valence electrons. The Morgan fingerprint density at radius 2 is 2.00 bits per heavy atom.